The van der Waals surface area contributed by atoms with Crippen molar-refractivity contribution in [3.05, 3.63) is 100 Å². The fourth-order valence-electron chi connectivity index (χ4n) is 4.50. The summed E-state index contributed by atoms with van der Waals surface area (Å²) < 4.78 is 3.27. The Morgan fingerprint density at radius 3 is 2.35 bits per heavy atom. The largest absolute Gasteiger partial charge is 0.383 e. The van der Waals surface area contributed by atoms with Gasteiger partial charge in [0.05, 0.1) is 5.39 Å². The minimum Gasteiger partial charge on any atom is -0.383 e. The van der Waals surface area contributed by atoms with Gasteiger partial charge >= 0.3 is 0 Å². The molecule has 0 saturated carbocycles. The Labute approximate surface area is 212 Å². The van der Waals surface area contributed by atoms with Crippen LogP contribution in [-0.4, -0.2) is 30.8 Å². The van der Waals surface area contributed by atoms with Gasteiger partial charge in [-0.2, -0.15) is 0 Å². The molecule has 3 N–H and O–H groups in total. The summed E-state index contributed by atoms with van der Waals surface area (Å²) in [6.45, 7) is 3.10. The van der Waals surface area contributed by atoms with E-state index in [1.807, 2.05) is 36.0 Å². The van der Waals surface area contributed by atoms with Crippen molar-refractivity contribution in [2.24, 2.45) is 7.05 Å². The Kier molecular flexibility index (Phi) is 5.88. The number of nitrogens with zero attached hydrogens (tertiary/aromatic N) is 4. The van der Waals surface area contributed by atoms with E-state index in [0.717, 1.165) is 22.2 Å². The summed E-state index contributed by atoms with van der Waals surface area (Å²) in [6.07, 6.45) is 3.35. The fourth-order valence-corrected chi connectivity index (χ4v) is 4.50. The van der Waals surface area contributed by atoms with Crippen LogP contribution in [0.1, 0.15) is 33.3 Å². The number of ketones is 1. The SMILES string of the molecule is CC(=O)c1cc(C(=O)Nc2ccc(-c3cn(C)c4ncnc(N)c34)cc2)c(=O)n(-c2ccccc2)c1C. The average Bonchev–Trinajstić information content (AvgIpc) is 3.22. The molecule has 3 aromatic heterocycles. The van der Waals surface area contributed by atoms with Crippen LogP contribution in [0.25, 0.3) is 27.8 Å². The lowest BCUT2D eigenvalue weighted by molar-refractivity contribution is 0.101. The molecule has 2 aromatic carbocycles. The van der Waals surface area contributed by atoms with Gasteiger partial charge in [-0.3, -0.25) is 19.0 Å². The third kappa shape index (κ3) is 4.16. The van der Waals surface area contributed by atoms with Crippen molar-refractivity contribution < 1.29 is 9.59 Å². The maximum absolute atomic E-state index is 13.4. The maximum Gasteiger partial charge on any atom is 0.268 e. The number of Topliss-reactive ketones (excluding diaryl/α,β-unsaturated/α-hetero) is 1. The predicted octanol–water partition coefficient (Wildman–Crippen LogP) is 4.13. The minimum atomic E-state index is -0.604. The molecule has 0 bridgehead atoms. The molecule has 0 spiro atoms. The number of rotatable bonds is 5. The molecule has 5 rings (SSSR count). The lowest BCUT2D eigenvalue weighted by atomic mass is 10.0. The van der Waals surface area contributed by atoms with Gasteiger partial charge in [0.2, 0.25) is 0 Å². The number of nitrogen functional groups attached to an aromatic ring is 1. The Balaban J connectivity index is 1.50. The number of nitrogens with two attached hydrogens (primary N) is 1. The summed E-state index contributed by atoms with van der Waals surface area (Å²) >= 11 is 0. The predicted molar refractivity (Wildman–Crippen MR) is 143 cm³/mol. The number of carbonyl (C=O) groups is 2. The van der Waals surface area contributed by atoms with Gasteiger partial charge in [0, 0.05) is 41.4 Å². The first-order valence-electron chi connectivity index (χ1n) is 11.6. The average molecular weight is 493 g/mol. The number of anilines is 2. The van der Waals surface area contributed by atoms with Crippen LogP contribution in [0.4, 0.5) is 11.5 Å². The van der Waals surface area contributed by atoms with Gasteiger partial charge in [-0.05, 0) is 49.7 Å². The standard InChI is InChI=1S/C28H24N6O3/c1-16-21(17(2)35)13-22(28(37)34(16)20-7-5-4-6-8-20)27(36)32-19-11-9-18(10-12-19)23-14-33(3)26-24(23)25(29)30-15-31-26/h4-15H,1-3H3,(H,32,36)(H2,29,30,31). The first-order valence-corrected chi connectivity index (χ1v) is 11.6. The number of nitrogens with one attached hydrogen (secondary N) is 1. The van der Waals surface area contributed by atoms with E-state index in [1.54, 1.807) is 43.3 Å². The zero-order valence-corrected chi connectivity index (χ0v) is 20.5. The van der Waals surface area contributed by atoms with Crippen LogP contribution in [0.2, 0.25) is 0 Å². The van der Waals surface area contributed by atoms with Crippen LogP contribution in [0, 0.1) is 6.92 Å². The molecule has 184 valence electrons. The van der Waals surface area contributed by atoms with Gasteiger partial charge in [-0.1, -0.05) is 30.3 Å². The summed E-state index contributed by atoms with van der Waals surface area (Å²) in [4.78, 5) is 47.3. The third-order valence-corrected chi connectivity index (χ3v) is 6.32. The van der Waals surface area contributed by atoms with Gasteiger partial charge in [0.25, 0.3) is 11.5 Å². The molecule has 0 saturated heterocycles. The van der Waals surface area contributed by atoms with E-state index < -0.39 is 11.5 Å². The van der Waals surface area contributed by atoms with Gasteiger partial charge in [-0.15, -0.1) is 0 Å². The first-order chi connectivity index (χ1) is 17.8. The number of aromatic nitrogens is 4. The van der Waals surface area contributed by atoms with Gasteiger partial charge in [0.15, 0.2) is 5.78 Å². The molecule has 0 radical (unpaired) electrons. The Hall–Kier alpha value is -5.05. The van der Waals surface area contributed by atoms with Gasteiger partial charge < -0.3 is 15.6 Å². The van der Waals surface area contributed by atoms with Crippen LogP contribution in [0.5, 0.6) is 0 Å². The van der Waals surface area contributed by atoms with Crippen LogP contribution >= 0.6 is 0 Å². The Bertz CT molecular complexity index is 1730. The van der Waals surface area contributed by atoms with Crippen LogP contribution in [-0.2, 0) is 7.05 Å². The van der Waals surface area contributed by atoms with Crippen LogP contribution in [0.3, 0.4) is 0 Å². The molecule has 5 aromatic rings. The third-order valence-electron chi connectivity index (χ3n) is 6.32. The van der Waals surface area contributed by atoms with Crippen LogP contribution < -0.4 is 16.6 Å². The summed E-state index contributed by atoms with van der Waals surface area (Å²) in [7, 11) is 1.88. The molecule has 3 heterocycles. The monoisotopic (exact) mass is 492 g/mol. The van der Waals surface area contributed by atoms with E-state index in [0.29, 0.717) is 28.5 Å². The molecular formula is C28H24N6O3. The number of hydrogen-bond donors (Lipinski definition) is 2. The second-order valence-electron chi connectivity index (χ2n) is 8.73. The van der Waals surface area contributed by atoms with Crippen molar-refractivity contribution in [1.29, 1.82) is 0 Å². The fraction of sp³-hybridized carbons (Fsp3) is 0.107. The molecular weight excluding hydrogens is 468 g/mol. The topological polar surface area (TPSA) is 125 Å². The highest BCUT2D eigenvalue weighted by Gasteiger charge is 2.21. The Morgan fingerprint density at radius 1 is 0.973 bits per heavy atom. The maximum atomic E-state index is 13.4. The minimum absolute atomic E-state index is 0.122. The smallest absolute Gasteiger partial charge is 0.268 e. The zero-order valence-electron chi connectivity index (χ0n) is 20.5. The number of para-hydroxylation sites is 1. The molecule has 0 unspecified atom stereocenters. The number of fused-ring (bicyclic) bond motifs is 1. The van der Waals surface area contributed by atoms with Crippen molar-refractivity contribution in [2.75, 3.05) is 11.1 Å². The number of hydrogen-bond acceptors (Lipinski definition) is 6. The van der Waals surface area contributed by atoms with Crippen molar-refractivity contribution in [3.8, 4) is 16.8 Å². The summed E-state index contributed by atoms with van der Waals surface area (Å²) in [5.74, 6) is -0.458. The lowest BCUT2D eigenvalue weighted by Crippen LogP contribution is -2.31. The molecule has 0 atom stereocenters. The highest BCUT2D eigenvalue weighted by molar-refractivity contribution is 6.06. The summed E-state index contributed by atoms with van der Waals surface area (Å²) in [5.41, 5.74) is 9.77. The molecule has 0 aliphatic carbocycles. The second-order valence-corrected chi connectivity index (χ2v) is 8.73. The van der Waals surface area contributed by atoms with Crippen molar-refractivity contribution in [3.63, 3.8) is 0 Å². The van der Waals surface area contributed by atoms with Crippen molar-refractivity contribution >= 4 is 34.2 Å². The summed E-state index contributed by atoms with van der Waals surface area (Å²) in [5, 5.41) is 3.53. The molecule has 1 amide bonds. The van der Waals surface area contributed by atoms with E-state index in [1.165, 1.54) is 23.9 Å². The van der Waals surface area contributed by atoms with Gasteiger partial charge in [0.1, 0.15) is 23.4 Å². The normalized spacial score (nSPS) is 11.0. The highest BCUT2D eigenvalue weighted by atomic mass is 16.2. The quantitative estimate of drug-likeness (QED) is 0.356. The van der Waals surface area contributed by atoms with E-state index in [4.69, 9.17) is 5.73 Å². The van der Waals surface area contributed by atoms with E-state index in [2.05, 4.69) is 15.3 Å². The molecule has 0 fully saturated rings. The molecule has 0 aliphatic heterocycles. The van der Waals surface area contributed by atoms with Crippen molar-refractivity contribution in [2.45, 2.75) is 13.8 Å². The highest BCUT2D eigenvalue weighted by Crippen LogP contribution is 2.32. The molecule has 37 heavy (non-hydrogen) atoms. The molecule has 0 aliphatic rings. The number of amides is 1. The second kappa shape index (κ2) is 9.19. The van der Waals surface area contributed by atoms with E-state index in [-0.39, 0.29) is 11.3 Å². The number of aryl methyl sites for hydroxylation is 1. The molecule has 9 heteroatoms. The van der Waals surface area contributed by atoms with E-state index >= 15 is 0 Å². The number of carbonyl (C=O) groups excluding carboxylic acids is 2. The lowest BCUT2D eigenvalue weighted by Gasteiger charge is -2.15. The first kappa shape index (κ1) is 23.7. The number of pyridine rings is 1. The zero-order chi connectivity index (χ0) is 26.3. The Morgan fingerprint density at radius 2 is 1.68 bits per heavy atom. The summed E-state index contributed by atoms with van der Waals surface area (Å²) in [6, 6.07) is 17.4. The van der Waals surface area contributed by atoms with Crippen molar-refractivity contribution in [1.82, 2.24) is 19.1 Å². The van der Waals surface area contributed by atoms with Gasteiger partial charge in [-0.25, -0.2) is 9.97 Å². The van der Waals surface area contributed by atoms with E-state index in [9.17, 15) is 14.4 Å². The van der Waals surface area contributed by atoms with Crippen LogP contribution in [0.15, 0.2) is 78.0 Å². The molecule has 9 nitrogen and oxygen atoms in total. The number of benzene rings is 2.